The highest BCUT2D eigenvalue weighted by molar-refractivity contribution is 8.13. The van der Waals surface area contributed by atoms with E-state index in [-0.39, 0.29) is 5.75 Å². The van der Waals surface area contributed by atoms with Gasteiger partial charge in [-0.25, -0.2) is 8.42 Å². The lowest BCUT2D eigenvalue weighted by Crippen LogP contribution is -1.95. The third-order valence-corrected chi connectivity index (χ3v) is 2.30. The predicted molar refractivity (Wildman–Crippen MR) is 49.3 cm³/mol. The second-order valence-electron chi connectivity index (χ2n) is 2.43. The molecule has 0 bridgehead atoms. The second-order valence-corrected chi connectivity index (χ2v) is 5.21. The van der Waals surface area contributed by atoms with Crippen LogP contribution in [0.4, 0.5) is 5.69 Å². The van der Waals surface area contributed by atoms with Gasteiger partial charge in [-0.1, -0.05) is 12.1 Å². The Morgan fingerprint density at radius 3 is 2.58 bits per heavy atom. The summed E-state index contributed by atoms with van der Waals surface area (Å²) in [6.07, 6.45) is 0. The van der Waals surface area contributed by atoms with Crippen LogP contribution < -0.4 is 5.73 Å². The third kappa shape index (κ3) is 3.11. The molecule has 5 heteroatoms. The van der Waals surface area contributed by atoms with E-state index in [2.05, 4.69) is 0 Å². The van der Waals surface area contributed by atoms with E-state index in [4.69, 9.17) is 16.4 Å². The van der Waals surface area contributed by atoms with E-state index in [1.807, 2.05) is 0 Å². The molecular formula is C7H8ClNO2S. The SMILES string of the molecule is Nc1cccc(CS(=O)(=O)Cl)c1. The fourth-order valence-electron chi connectivity index (χ4n) is 0.882. The number of hydrogen-bond acceptors (Lipinski definition) is 3. The Kier molecular flexibility index (Phi) is 2.59. The molecule has 0 atom stereocenters. The van der Waals surface area contributed by atoms with Crippen LogP contribution in [0.15, 0.2) is 24.3 Å². The van der Waals surface area contributed by atoms with Crippen molar-refractivity contribution in [2.24, 2.45) is 0 Å². The molecule has 0 saturated carbocycles. The summed E-state index contributed by atoms with van der Waals surface area (Å²) in [6.45, 7) is 0. The van der Waals surface area contributed by atoms with E-state index >= 15 is 0 Å². The Hall–Kier alpha value is -0.740. The lowest BCUT2D eigenvalue weighted by molar-refractivity contribution is 0.609. The molecule has 0 saturated heterocycles. The Balaban J connectivity index is 2.91. The lowest BCUT2D eigenvalue weighted by Gasteiger charge is -1.98. The number of rotatable bonds is 2. The van der Waals surface area contributed by atoms with Gasteiger partial charge >= 0.3 is 0 Å². The van der Waals surface area contributed by atoms with Crippen molar-refractivity contribution in [3.05, 3.63) is 29.8 Å². The second kappa shape index (κ2) is 3.33. The molecule has 0 amide bonds. The van der Waals surface area contributed by atoms with Crippen LogP contribution >= 0.6 is 10.7 Å². The predicted octanol–water partition coefficient (Wildman–Crippen LogP) is 1.34. The third-order valence-electron chi connectivity index (χ3n) is 1.29. The largest absolute Gasteiger partial charge is 0.399 e. The van der Waals surface area contributed by atoms with E-state index in [0.717, 1.165) is 0 Å². The Labute approximate surface area is 75.6 Å². The first-order valence-corrected chi connectivity index (χ1v) is 5.72. The zero-order valence-electron chi connectivity index (χ0n) is 6.20. The van der Waals surface area contributed by atoms with Gasteiger partial charge in [-0.15, -0.1) is 0 Å². The van der Waals surface area contributed by atoms with E-state index in [1.165, 1.54) is 0 Å². The van der Waals surface area contributed by atoms with Crippen LogP contribution in [-0.4, -0.2) is 8.42 Å². The van der Waals surface area contributed by atoms with Gasteiger partial charge in [0.25, 0.3) is 0 Å². The molecule has 0 fully saturated rings. The van der Waals surface area contributed by atoms with Gasteiger partial charge in [0, 0.05) is 16.4 Å². The van der Waals surface area contributed by atoms with Crippen LogP contribution in [0.1, 0.15) is 5.56 Å². The van der Waals surface area contributed by atoms with Crippen molar-refractivity contribution in [2.75, 3.05) is 5.73 Å². The number of anilines is 1. The molecule has 0 radical (unpaired) electrons. The maximum atomic E-state index is 10.6. The number of nitrogen functional groups attached to an aromatic ring is 1. The van der Waals surface area contributed by atoms with Gasteiger partial charge in [-0.05, 0) is 17.7 Å². The minimum atomic E-state index is -3.48. The van der Waals surface area contributed by atoms with Crippen molar-refractivity contribution in [3.8, 4) is 0 Å². The molecule has 3 nitrogen and oxygen atoms in total. The molecule has 0 spiro atoms. The average Bonchev–Trinajstić information content (AvgIpc) is 1.82. The molecule has 2 N–H and O–H groups in total. The van der Waals surface area contributed by atoms with Crippen molar-refractivity contribution < 1.29 is 8.42 Å². The molecule has 0 aliphatic heterocycles. The number of halogens is 1. The number of nitrogens with two attached hydrogens (primary N) is 1. The molecule has 1 aromatic carbocycles. The summed E-state index contributed by atoms with van der Waals surface area (Å²) in [7, 11) is 1.57. The molecule has 12 heavy (non-hydrogen) atoms. The molecule has 0 unspecified atom stereocenters. The highest BCUT2D eigenvalue weighted by Gasteiger charge is 2.06. The molecule has 66 valence electrons. The first-order valence-electron chi connectivity index (χ1n) is 3.24. The molecule has 0 aliphatic rings. The minimum absolute atomic E-state index is 0.181. The zero-order valence-corrected chi connectivity index (χ0v) is 7.77. The van der Waals surface area contributed by atoms with Gasteiger partial charge in [0.2, 0.25) is 9.05 Å². The van der Waals surface area contributed by atoms with Gasteiger partial charge in [0.15, 0.2) is 0 Å². The number of benzene rings is 1. The molecule has 0 aliphatic carbocycles. The van der Waals surface area contributed by atoms with Gasteiger partial charge in [0.1, 0.15) is 0 Å². The van der Waals surface area contributed by atoms with Gasteiger partial charge in [-0.2, -0.15) is 0 Å². The van der Waals surface area contributed by atoms with Crippen LogP contribution in [0.5, 0.6) is 0 Å². The summed E-state index contributed by atoms with van der Waals surface area (Å²) in [5, 5.41) is 0. The maximum absolute atomic E-state index is 10.6. The van der Waals surface area contributed by atoms with Crippen molar-refractivity contribution in [1.82, 2.24) is 0 Å². The summed E-state index contributed by atoms with van der Waals surface area (Å²) in [5.41, 5.74) is 6.58. The van der Waals surface area contributed by atoms with E-state index < -0.39 is 9.05 Å². The summed E-state index contributed by atoms with van der Waals surface area (Å²) in [6, 6.07) is 6.62. The first kappa shape index (κ1) is 9.35. The normalized spacial score (nSPS) is 11.4. The van der Waals surface area contributed by atoms with Crippen molar-refractivity contribution in [1.29, 1.82) is 0 Å². The quantitative estimate of drug-likeness (QED) is 0.586. The molecule has 1 rings (SSSR count). The highest BCUT2D eigenvalue weighted by atomic mass is 35.7. The lowest BCUT2D eigenvalue weighted by atomic mass is 10.2. The van der Waals surface area contributed by atoms with E-state index in [0.29, 0.717) is 11.3 Å². The standard InChI is InChI=1S/C7H8ClNO2S/c8-12(10,11)5-6-2-1-3-7(9)4-6/h1-4H,5,9H2. The van der Waals surface area contributed by atoms with E-state index in [1.54, 1.807) is 24.3 Å². The molecular weight excluding hydrogens is 198 g/mol. The van der Waals surface area contributed by atoms with Crippen LogP contribution in [0, 0.1) is 0 Å². The zero-order chi connectivity index (χ0) is 9.19. The number of hydrogen-bond donors (Lipinski definition) is 1. The summed E-state index contributed by atoms with van der Waals surface area (Å²) < 4.78 is 21.3. The summed E-state index contributed by atoms with van der Waals surface area (Å²) >= 11 is 0. The smallest absolute Gasteiger partial charge is 0.236 e. The van der Waals surface area contributed by atoms with Crippen LogP contribution in [0.25, 0.3) is 0 Å². The van der Waals surface area contributed by atoms with Crippen LogP contribution in [0.2, 0.25) is 0 Å². The van der Waals surface area contributed by atoms with Crippen LogP contribution in [0.3, 0.4) is 0 Å². The summed E-state index contributed by atoms with van der Waals surface area (Å²) in [4.78, 5) is 0. The highest BCUT2D eigenvalue weighted by Crippen LogP contribution is 2.12. The van der Waals surface area contributed by atoms with Crippen LogP contribution in [-0.2, 0) is 14.8 Å². The fourth-order valence-corrected chi connectivity index (χ4v) is 1.84. The Morgan fingerprint density at radius 2 is 2.08 bits per heavy atom. The Morgan fingerprint density at radius 1 is 1.42 bits per heavy atom. The monoisotopic (exact) mass is 205 g/mol. The van der Waals surface area contributed by atoms with E-state index in [9.17, 15) is 8.42 Å². The molecule has 0 aromatic heterocycles. The molecule has 1 aromatic rings. The van der Waals surface area contributed by atoms with Crippen molar-refractivity contribution >= 4 is 25.4 Å². The average molecular weight is 206 g/mol. The fraction of sp³-hybridized carbons (Fsp3) is 0.143. The molecule has 0 heterocycles. The van der Waals surface area contributed by atoms with Gasteiger partial charge < -0.3 is 5.73 Å². The van der Waals surface area contributed by atoms with Crippen molar-refractivity contribution in [2.45, 2.75) is 5.75 Å². The minimum Gasteiger partial charge on any atom is -0.399 e. The maximum Gasteiger partial charge on any atom is 0.236 e. The summed E-state index contributed by atoms with van der Waals surface area (Å²) in [5.74, 6) is -0.181. The van der Waals surface area contributed by atoms with Gasteiger partial charge in [0.05, 0.1) is 5.75 Å². The Bertz CT molecular complexity index is 375. The first-order chi connectivity index (χ1) is 5.47. The topological polar surface area (TPSA) is 60.2 Å². The van der Waals surface area contributed by atoms with Crippen molar-refractivity contribution in [3.63, 3.8) is 0 Å². The van der Waals surface area contributed by atoms with Gasteiger partial charge in [-0.3, -0.25) is 0 Å².